The molecule has 0 spiro atoms. The second-order valence-electron chi connectivity index (χ2n) is 7.31. The minimum absolute atomic E-state index is 0. The number of guanidine groups is 1. The fourth-order valence-corrected chi connectivity index (χ4v) is 3.90. The van der Waals surface area contributed by atoms with Gasteiger partial charge >= 0.3 is 0 Å². The van der Waals surface area contributed by atoms with Crippen LogP contribution >= 0.6 is 24.0 Å². The molecule has 1 atom stereocenters. The van der Waals surface area contributed by atoms with Crippen molar-refractivity contribution >= 4 is 40.0 Å². The molecule has 1 unspecified atom stereocenters. The fourth-order valence-electron chi connectivity index (χ4n) is 2.91. The van der Waals surface area contributed by atoms with Crippen LogP contribution in [0, 0.1) is 0 Å². The van der Waals surface area contributed by atoms with E-state index in [2.05, 4.69) is 68.5 Å². The highest BCUT2D eigenvalue weighted by atomic mass is 127. The van der Waals surface area contributed by atoms with Crippen LogP contribution in [0.4, 0.5) is 0 Å². The number of benzene rings is 1. The average Bonchev–Trinajstić information content (AvgIpc) is 2.77. The smallest absolute Gasteiger partial charge is 0.242 e. The Labute approximate surface area is 209 Å². The molecule has 0 aliphatic rings. The first-order chi connectivity index (χ1) is 14.9. The van der Waals surface area contributed by atoms with E-state index in [4.69, 9.17) is 0 Å². The number of hydrogen-bond donors (Lipinski definition) is 3. The Morgan fingerprint density at radius 2 is 1.88 bits per heavy atom. The van der Waals surface area contributed by atoms with Gasteiger partial charge in [-0.2, -0.15) is 0 Å². The van der Waals surface area contributed by atoms with Crippen LogP contribution in [-0.4, -0.2) is 63.5 Å². The number of sulfonamides is 1. The summed E-state index contributed by atoms with van der Waals surface area (Å²) in [6.07, 6.45) is 3.80. The van der Waals surface area contributed by atoms with Gasteiger partial charge in [0.15, 0.2) is 5.96 Å². The van der Waals surface area contributed by atoms with Gasteiger partial charge < -0.3 is 10.6 Å². The molecule has 0 aliphatic heterocycles. The molecule has 32 heavy (non-hydrogen) atoms. The topological polar surface area (TPSA) is 98.7 Å². The zero-order chi connectivity index (χ0) is 22.5. The first-order valence-corrected chi connectivity index (χ1v) is 12.1. The Kier molecular flexibility index (Phi) is 13.4. The highest BCUT2D eigenvalue weighted by molar-refractivity contribution is 14.0. The van der Waals surface area contributed by atoms with Crippen LogP contribution in [0.3, 0.4) is 0 Å². The molecule has 8 nitrogen and oxygen atoms in total. The second kappa shape index (κ2) is 15.1. The number of halogens is 1. The number of aromatic nitrogens is 1. The summed E-state index contributed by atoms with van der Waals surface area (Å²) in [5, 5.41) is 6.36. The van der Waals surface area contributed by atoms with Gasteiger partial charge in [-0.1, -0.05) is 30.3 Å². The molecule has 1 aromatic heterocycles. The average molecular weight is 575 g/mol. The number of hydrogen-bond acceptors (Lipinski definition) is 5. The van der Waals surface area contributed by atoms with E-state index >= 15 is 0 Å². The third-order valence-corrected chi connectivity index (χ3v) is 6.29. The number of aliphatic imine (C=N–C) groups is 1. The van der Waals surface area contributed by atoms with Gasteiger partial charge in [-0.25, -0.2) is 13.1 Å². The summed E-state index contributed by atoms with van der Waals surface area (Å²) in [6.45, 7) is 7.19. The monoisotopic (exact) mass is 574 g/mol. The van der Waals surface area contributed by atoms with Gasteiger partial charge in [-0.15, -0.1) is 24.0 Å². The van der Waals surface area contributed by atoms with Crippen molar-refractivity contribution in [1.29, 1.82) is 0 Å². The molecule has 1 heterocycles. The molecule has 178 valence electrons. The van der Waals surface area contributed by atoms with Crippen LogP contribution in [0.25, 0.3) is 0 Å². The van der Waals surface area contributed by atoms with Crippen LogP contribution in [0.15, 0.2) is 64.7 Å². The number of rotatable bonds is 12. The number of nitrogens with zero attached hydrogens (tertiary/aromatic N) is 3. The van der Waals surface area contributed by atoms with Crippen LogP contribution < -0.4 is 15.4 Å². The van der Waals surface area contributed by atoms with Crippen molar-refractivity contribution < 1.29 is 8.42 Å². The maximum absolute atomic E-state index is 12.2. The van der Waals surface area contributed by atoms with Crippen LogP contribution in [0.5, 0.6) is 0 Å². The van der Waals surface area contributed by atoms with E-state index in [1.807, 2.05) is 13.0 Å². The van der Waals surface area contributed by atoms with Crippen molar-refractivity contribution in [2.45, 2.75) is 37.8 Å². The van der Waals surface area contributed by atoms with Crippen molar-refractivity contribution in [3.8, 4) is 0 Å². The van der Waals surface area contributed by atoms with E-state index in [-0.39, 0.29) is 35.4 Å². The van der Waals surface area contributed by atoms with Crippen molar-refractivity contribution in [2.75, 3.05) is 33.2 Å². The maximum atomic E-state index is 12.2. The number of pyridine rings is 1. The summed E-state index contributed by atoms with van der Waals surface area (Å²) in [5.74, 6) is 0.681. The molecule has 0 saturated heterocycles. The van der Waals surface area contributed by atoms with Gasteiger partial charge in [0.2, 0.25) is 10.0 Å². The molecule has 2 rings (SSSR count). The Hall–Kier alpha value is -1.76. The van der Waals surface area contributed by atoms with Crippen LogP contribution in [0.2, 0.25) is 0 Å². The third kappa shape index (κ3) is 10.2. The van der Waals surface area contributed by atoms with Crippen LogP contribution in [-0.2, 0) is 16.6 Å². The molecule has 0 amide bonds. The van der Waals surface area contributed by atoms with Gasteiger partial charge in [0.25, 0.3) is 0 Å². The SMILES string of the molecule is CCNC(=NCCC(C)N(C)Cc1ccccc1)NCCNS(=O)(=O)c1cccnc1.I. The predicted molar refractivity (Wildman–Crippen MR) is 141 cm³/mol. The Bertz CT molecular complexity index is 897. The largest absolute Gasteiger partial charge is 0.357 e. The molecule has 0 aliphatic carbocycles. The summed E-state index contributed by atoms with van der Waals surface area (Å²) >= 11 is 0. The lowest BCUT2D eigenvalue weighted by atomic mass is 10.1. The quantitative estimate of drug-likeness (QED) is 0.156. The first kappa shape index (κ1) is 28.3. The molecular weight excluding hydrogens is 539 g/mol. The predicted octanol–water partition coefficient (Wildman–Crippen LogP) is 2.44. The normalized spacial score (nSPS) is 12.8. The molecule has 0 saturated carbocycles. The summed E-state index contributed by atoms with van der Waals surface area (Å²) in [7, 11) is -1.43. The van der Waals surface area contributed by atoms with Gasteiger partial charge in [0, 0.05) is 51.2 Å². The molecule has 0 bridgehead atoms. The summed E-state index contributed by atoms with van der Waals surface area (Å²) in [4.78, 5) is 10.9. The minimum atomic E-state index is -3.55. The third-order valence-electron chi connectivity index (χ3n) is 4.84. The van der Waals surface area contributed by atoms with Gasteiger partial charge in [0.05, 0.1) is 0 Å². The Morgan fingerprint density at radius 3 is 2.53 bits per heavy atom. The van der Waals surface area contributed by atoms with Crippen molar-refractivity contribution in [2.24, 2.45) is 4.99 Å². The van der Waals surface area contributed by atoms with Crippen molar-refractivity contribution in [3.05, 3.63) is 60.4 Å². The van der Waals surface area contributed by atoms with Gasteiger partial charge in [0.1, 0.15) is 4.90 Å². The van der Waals surface area contributed by atoms with E-state index in [0.29, 0.717) is 25.1 Å². The zero-order valence-electron chi connectivity index (χ0n) is 19.0. The van der Waals surface area contributed by atoms with Crippen molar-refractivity contribution in [1.82, 2.24) is 25.2 Å². The van der Waals surface area contributed by atoms with Gasteiger partial charge in [-0.05, 0) is 45.0 Å². The molecule has 3 N–H and O–H groups in total. The molecular formula is C22H35IN6O2S. The highest BCUT2D eigenvalue weighted by Crippen LogP contribution is 2.08. The summed E-state index contributed by atoms with van der Waals surface area (Å²) in [6, 6.07) is 13.9. The van der Waals surface area contributed by atoms with E-state index in [0.717, 1.165) is 19.5 Å². The molecule has 1 aromatic carbocycles. The van der Waals surface area contributed by atoms with E-state index in [9.17, 15) is 8.42 Å². The van der Waals surface area contributed by atoms with Gasteiger partial charge in [-0.3, -0.25) is 14.9 Å². The minimum Gasteiger partial charge on any atom is -0.357 e. The lowest BCUT2D eigenvalue weighted by Gasteiger charge is -2.24. The molecule has 2 aromatic rings. The van der Waals surface area contributed by atoms with E-state index in [1.165, 1.54) is 17.8 Å². The zero-order valence-corrected chi connectivity index (χ0v) is 22.1. The van der Waals surface area contributed by atoms with Crippen molar-refractivity contribution in [3.63, 3.8) is 0 Å². The first-order valence-electron chi connectivity index (χ1n) is 10.6. The lowest BCUT2D eigenvalue weighted by Crippen LogP contribution is -2.41. The Morgan fingerprint density at radius 1 is 1.12 bits per heavy atom. The van der Waals surface area contributed by atoms with E-state index < -0.39 is 10.0 Å². The molecule has 10 heteroatoms. The van der Waals surface area contributed by atoms with E-state index in [1.54, 1.807) is 12.3 Å². The fraction of sp³-hybridized carbons (Fsp3) is 0.455. The maximum Gasteiger partial charge on any atom is 0.242 e. The second-order valence-corrected chi connectivity index (χ2v) is 9.08. The summed E-state index contributed by atoms with van der Waals surface area (Å²) in [5.41, 5.74) is 1.30. The molecule has 0 fully saturated rings. The standard InChI is InChI=1S/C22H34N6O2S.HI/c1-4-24-22(26-15-16-27-31(29,30)21-11-8-13-23-17-21)25-14-12-19(2)28(3)18-20-9-6-5-7-10-20;/h5-11,13,17,19,27H,4,12,14-16,18H2,1-3H3,(H2,24,25,26);1H. The molecule has 0 radical (unpaired) electrons. The van der Waals surface area contributed by atoms with Crippen LogP contribution in [0.1, 0.15) is 25.8 Å². The Balaban J connectivity index is 0.00000512. The lowest BCUT2D eigenvalue weighted by molar-refractivity contribution is 0.240. The summed E-state index contributed by atoms with van der Waals surface area (Å²) < 4.78 is 27.0. The highest BCUT2D eigenvalue weighted by Gasteiger charge is 2.13. The number of nitrogens with one attached hydrogen (secondary N) is 3.